The number of hydrogen-bond donors (Lipinski definition) is 2. The molecule has 0 aromatic heterocycles. The van der Waals surface area contributed by atoms with Gasteiger partial charge >= 0.3 is 12.1 Å². The molecule has 1 amide bonds. The third-order valence-electron chi connectivity index (χ3n) is 2.69. The van der Waals surface area contributed by atoms with Crippen molar-refractivity contribution in [2.45, 2.75) is 38.8 Å². The van der Waals surface area contributed by atoms with E-state index in [1.54, 1.807) is 33.9 Å². The van der Waals surface area contributed by atoms with E-state index < -0.39 is 23.7 Å². The summed E-state index contributed by atoms with van der Waals surface area (Å²) >= 11 is 5.49. The summed E-state index contributed by atoms with van der Waals surface area (Å²) in [7, 11) is 1.56. The van der Waals surface area contributed by atoms with E-state index in [0.717, 1.165) is 13.6 Å². The van der Waals surface area contributed by atoms with Gasteiger partial charge in [0, 0.05) is 6.42 Å². The number of carbonyl (C=O) groups is 2. The quantitative estimate of drug-likeness (QED) is 0.605. The lowest BCUT2D eigenvalue weighted by molar-refractivity contribution is -0.139. The van der Waals surface area contributed by atoms with Crippen molar-refractivity contribution in [1.82, 2.24) is 5.32 Å². The van der Waals surface area contributed by atoms with Crippen molar-refractivity contribution in [3.05, 3.63) is 25.7 Å². The van der Waals surface area contributed by atoms with Crippen LogP contribution in [0.4, 0.5) is 4.79 Å². The summed E-state index contributed by atoms with van der Waals surface area (Å²) in [6.07, 6.45) is -0.625. The Hall–Kier alpha value is -1.03. The van der Waals surface area contributed by atoms with Crippen LogP contribution in [0.5, 0.6) is 5.75 Å². The van der Waals surface area contributed by atoms with E-state index in [4.69, 9.17) is 9.47 Å². The van der Waals surface area contributed by atoms with Crippen LogP contribution >= 0.6 is 38.5 Å². The van der Waals surface area contributed by atoms with Gasteiger partial charge in [0.2, 0.25) is 0 Å². The molecule has 0 aliphatic heterocycles. The number of hydrogen-bond acceptors (Lipinski definition) is 4. The number of amides is 1. The summed E-state index contributed by atoms with van der Waals surface area (Å²) in [4.78, 5) is 23.2. The second-order valence-corrected chi connectivity index (χ2v) is 7.85. The number of methoxy groups -OCH3 is 1. The van der Waals surface area contributed by atoms with Gasteiger partial charge in [-0.25, -0.2) is 9.59 Å². The monoisotopic (exact) mass is 499 g/mol. The smallest absolute Gasteiger partial charge is 0.408 e. The molecule has 0 fully saturated rings. The summed E-state index contributed by atoms with van der Waals surface area (Å²) in [5.41, 5.74) is 0.0663. The maximum Gasteiger partial charge on any atom is 0.408 e. The van der Waals surface area contributed by atoms with Gasteiger partial charge in [0.1, 0.15) is 17.4 Å². The molecule has 23 heavy (non-hydrogen) atoms. The van der Waals surface area contributed by atoms with Crippen molar-refractivity contribution in [2.24, 2.45) is 0 Å². The highest BCUT2D eigenvalue weighted by atomic mass is 127. The Bertz CT molecular complexity index is 577. The van der Waals surface area contributed by atoms with Gasteiger partial charge < -0.3 is 19.9 Å². The molecule has 0 aliphatic carbocycles. The van der Waals surface area contributed by atoms with E-state index >= 15 is 0 Å². The lowest BCUT2D eigenvalue weighted by Crippen LogP contribution is -2.44. The molecule has 2 N–H and O–H groups in total. The molecule has 0 bridgehead atoms. The first-order valence-electron chi connectivity index (χ1n) is 6.77. The van der Waals surface area contributed by atoms with Crippen LogP contribution in [0.3, 0.4) is 0 Å². The molecule has 1 aromatic rings. The maximum absolute atomic E-state index is 11.8. The van der Waals surface area contributed by atoms with E-state index in [1.807, 2.05) is 6.07 Å². The molecular weight excluding hydrogens is 481 g/mol. The average molecular weight is 500 g/mol. The van der Waals surface area contributed by atoms with Crippen molar-refractivity contribution in [2.75, 3.05) is 7.11 Å². The molecule has 0 saturated heterocycles. The summed E-state index contributed by atoms with van der Waals surface area (Å²) in [6.45, 7) is 5.14. The van der Waals surface area contributed by atoms with Gasteiger partial charge in [0.25, 0.3) is 0 Å². The largest absolute Gasteiger partial charge is 0.494 e. The van der Waals surface area contributed by atoms with E-state index in [2.05, 4.69) is 43.8 Å². The van der Waals surface area contributed by atoms with Crippen LogP contribution in [-0.2, 0) is 16.0 Å². The zero-order valence-electron chi connectivity index (χ0n) is 13.3. The standard InChI is InChI=1S/C15H19BrINO5/c1-15(2,3)23-14(21)18-11(13(19)20)7-8-5-9(16)12(22-4)10(17)6-8/h5-6,11H,7H2,1-4H3,(H,18,21)(H,19,20)/t11-/m0/s1. The Morgan fingerprint density at radius 3 is 2.43 bits per heavy atom. The zero-order valence-corrected chi connectivity index (χ0v) is 17.0. The minimum Gasteiger partial charge on any atom is -0.494 e. The van der Waals surface area contributed by atoms with Crippen molar-refractivity contribution in [1.29, 1.82) is 0 Å². The topological polar surface area (TPSA) is 84.9 Å². The third kappa shape index (κ3) is 6.54. The van der Waals surface area contributed by atoms with Crippen molar-refractivity contribution in [3.63, 3.8) is 0 Å². The Morgan fingerprint density at radius 1 is 1.39 bits per heavy atom. The summed E-state index contributed by atoms with van der Waals surface area (Å²) < 4.78 is 11.9. The van der Waals surface area contributed by atoms with Crippen LogP contribution in [0.15, 0.2) is 16.6 Å². The normalized spacial score (nSPS) is 12.4. The average Bonchev–Trinajstić information content (AvgIpc) is 2.35. The lowest BCUT2D eigenvalue weighted by Gasteiger charge is -2.22. The Labute approximate surface area is 157 Å². The maximum atomic E-state index is 11.8. The number of carboxylic acids is 1. The van der Waals surface area contributed by atoms with Crippen LogP contribution in [0.25, 0.3) is 0 Å². The number of halogens is 2. The number of benzene rings is 1. The summed E-state index contributed by atoms with van der Waals surface area (Å²) in [5, 5.41) is 11.7. The first-order valence-corrected chi connectivity index (χ1v) is 8.65. The number of carbonyl (C=O) groups excluding carboxylic acids is 1. The minimum absolute atomic E-state index is 0.132. The zero-order chi connectivity index (χ0) is 17.8. The van der Waals surface area contributed by atoms with Gasteiger partial charge in [-0.05, 0) is 77.0 Å². The highest BCUT2D eigenvalue weighted by Gasteiger charge is 2.24. The van der Waals surface area contributed by atoms with Gasteiger partial charge in [0.15, 0.2) is 0 Å². The number of carboxylic acid groups (broad SMARTS) is 1. The van der Waals surface area contributed by atoms with Crippen LogP contribution in [0.1, 0.15) is 26.3 Å². The van der Waals surface area contributed by atoms with Gasteiger partial charge in [-0.15, -0.1) is 0 Å². The molecule has 128 valence electrons. The molecule has 1 aromatic carbocycles. The molecule has 1 atom stereocenters. The number of nitrogens with one attached hydrogen (secondary N) is 1. The van der Waals surface area contributed by atoms with E-state index in [0.29, 0.717) is 5.75 Å². The SMILES string of the molecule is COc1c(Br)cc(C[C@H](NC(=O)OC(C)(C)C)C(=O)O)cc1I. The van der Waals surface area contributed by atoms with Gasteiger partial charge in [-0.2, -0.15) is 0 Å². The number of rotatable bonds is 5. The fraction of sp³-hybridized carbons (Fsp3) is 0.467. The van der Waals surface area contributed by atoms with E-state index in [1.165, 1.54) is 0 Å². The second-order valence-electron chi connectivity index (χ2n) is 5.83. The Kier molecular flexibility index (Phi) is 7.12. The van der Waals surface area contributed by atoms with Crippen LogP contribution in [-0.4, -0.2) is 35.9 Å². The minimum atomic E-state index is -1.13. The van der Waals surface area contributed by atoms with Crippen LogP contribution in [0.2, 0.25) is 0 Å². The molecule has 0 aliphatic rings. The molecule has 1 rings (SSSR count). The fourth-order valence-electron chi connectivity index (χ4n) is 1.81. The fourth-order valence-corrected chi connectivity index (χ4v) is 3.76. The third-order valence-corrected chi connectivity index (χ3v) is 4.08. The first kappa shape index (κ1) is 20.0. The van der Waals surface area contributed by atoms with Crippen LogP contribution < -0.4 is 10.1 Å². The summed E-state index contributed by atoms with van der Waals surface area (Å²) in [6, 6.07) is 2.51. The summed E-state index contributed by atoms with van der Waals surface area (Å²) in [5.74, 6) is -0.445. The predicted molar refractivity (Wildman–Crippen MR) is 97.9 cm³/mol. The molecule has 6 nitrogen and oxygen atoms in total. The Balaban J connectivity index is 2.89. The molecule has 8 heteroatoms. The molecule has 0 unspecified atom stereocenters. The highest BCUT2D eigenvalue weighted by molar-refractivity contribution is 14.1. The molecule has 0 spiro atoms. The number of alkyl carbamates (subject to hydrolysis) is 1. The molecule has 0 saturated carbocycles. The Morgan fingerprint density at radius 2 is 2.00 bits per heavy atom. The first-order chi connectivity index (χ1) is 10.5. The van der Waals surface area contributed by atoms with E-state index in [-0.39, 0.29) is 6.42 Å². The van der Waals surface area contributed by atoms with Crippen molar-refractivity contribution >= 4 is 50.6 Å². The highest BCUT2D eigenvalue weighted by Crippen LogP contribution is 2.32. The predicted octanol–water partition coefficient (Wildman–Crippen LogP) is 3.58. The second kappa shape index (κ2) is 8.18. The molecule has 0 heterocycles. The molecular formula is C15H19BrINO5. The number of ether oxygens (including phenoxy) is 2. The number of aliphatic carboxylic acids is 1. The lowest BCUT2D eigenvalue weighted by atomic mass is 10.1. The van der Waals surface area contributed by atoms with Gasteiger partial charge in [-0.1, -0.05) is 0 Å². The van der Waals surface area contributed by atoms with E-state index in [9.17, 15) is 14.7 Å². The van der Waals surface area contributed by atoms with Crippen molar-refractivity contribution < 1.29 is 24.2 Å². The van der Waals surface area contributed by atoms with Crippen LogP contribution in [0, 0.1) is 3.57 Å². The van der Waals surface area contributed by atoms with Gasteiger partial charge in [-0.3, -0.25) is 0 Å². The molecule has 0 radical (unpaired) electrons. The van der Waals surface area contributed by atoms with Gasteiger partial charge in [0.05, 0.1) is 15.2 Å². The van der Waals surface area contributed by atoms with Crippen molar-refractivity contribution in [3.8, 4) is 5.75 Å².